The molecule has 0 amide bonds. The Bertz CT molecular complexity index is 717. The molecule has 0 saturated heterocycles. The van der Waals surface area contributed by atoms with Crippen LogP contribution in [-0.2, 0) is 10.0 Å². The van der Waals surface area contributed by atoms with Gasteiger partial charge in [0.05, 0.1) is 4.90 Å². The highest BCUT2D eigenvalue weighted by molar-refractivity contribution is 9.10. The van der Waals surface area contributed by atoms with Crippen LogP contribution in [0.4, 0.5) is 17.1 Å². The molecule has 2 aromatic carbocycles. The summed E-state index contributed by atoms with van der Waals surface area (Å²) in [5, 5.41) is 8.16. The summed E-state index contributed by atoms with van der Waals surface area (Å²) in [7, 11) is -3.78. The molecule has 2 rings (SSSR count). The first-order valence-corrected chi connectivity index (χ1v) is 7.64. The number of nitrogen functional groups attached to an aromatic ring is 1. The Kier molecular flexibility index (Phi) is 3.79. The number of hydrogen-bond donors (Lipinski definition) is 3. The molecule has 2 aromatic rings. The molecule has 0 aliphatic heterocycles. The van der Waals surface area contributed by atoms with Crippen molar-refractivity contribution in [2.24, 2.45) is 5.14 Å². The van der Waals surface area contributed by atoms with Crippen LogP contribution < -0.4 is 16.2 Å². The quantitative estimate of drug-likeness (QED) is 0.746. The lowest BCUT2D eigenvalue weighted by Crippen LogP contribution is -2.12. The summed E-state index contributed by atoms with van der Waals surface area (Å²) in [6.07, 6.45) is 0. The standard InChI is InChI=1S/C12H12BrN3O2S/c13-8-2-1-3-10(4-8)16-11-5-9(14)6-12(7-11)19(15,17)18/h1-7,16H,14H2,(H2,15,17,18). The van der Waals surface area contributed by atoms with Gasteiger partial charge < -0.3 is 11.1 Å². The molecule has 0 aliphatic rings. The van der Waals surface area contributed by atoms with Gasteiger partial charge in [0.15, 0.2) is 0 Å². The summed E-state index contributed by atoms with van der Waals surface area (Å²) in [4.78, 5) is -0.0232. The molecule has 0 atom stereocenters. The number of hydrogen-bond acceptors (Lipinski definition) is 4. The van der Waals surface area contributed by atoms with E-state index in [1.807, 2.05) is 24.3 Å². The van der Waals surface area contributed by atoms with Crippen molar-refractivity contribution < 1.29 is 8.42 Å². The van der Waals surface area contributed by atoms with E-state index in [0.29, 0.717) is 11.4 Å². The lowest BCUT2D eigenvalue weighted by Gasteiger charge is -2.09. The van der Waals surface area contributed by atoms with Crippen molar-refractivity contribution in [1.29, 1.82) is 0 Å². The Morgan fingerprint density at radius 2 is 1.79 bits per heavy atom. The maximum absolute atomic E-state index is 11.3. The number of sulfonamides is 1. The lowest BCUT2D eigenvalue weighted by atomic mass is 10.2. The van der Waals surface area contributed by atoms with Crippen molar-refractivity contribution in [2.75, 3.05) is 11.1 Å². The third-order valence-electron chi connectivity index (χ3n) is 2.37. The zero-order valence-electron chi connectivity index (χ0n) is 9.80. The van der Waals surface area contributed by atoms with Crippen molar-refractivity contribution >= 4 is 43.0 Å². The van der Waals surface area contributed by atoms with Gasteiger partial charge >= 0.3 is 0 Å². The van der Waals surface area contributed by atoms with Gasteiger partial charge in [0, 0.05) is 21.5 Å². The SMILES string of the molecule is Nc1cc(Nc2cccc(Br)c2)cc(S(N)(=O)=O)c1. The predicted octanol–water partition coefficient (Wildman–Crippen LogP) is 2.42. The number of anilines is 3. The molecule has 0 saturated carbocycles. The second-order valence-corrected chi connectivity index (χ2v) is 6.45. The minimum Gasteiger partial charge on any atom is -0.399 e. The monoisotopic (exact) mass is 341 g/mol. The third kappa shape index (κ3) is 3.69. The van der Waals surface area contributed by atoms with E-state index in [0.717, 1.165) is 10.2 Å². The molecule has 0 radical (unpaired) electrons. The summed E-state index contributed by atoms with van der Waals surface area (Å²) < 4.78 is 23.6. The number of primary sulfonamides is 1. The van der Waals surface area contributed by atoms with Crippen molar-refractivity contribution in [1.82, 2.24) is 0 Å². The van der Waals surface area contributed by atoms with Gasteiger partial charge in [0.1, 0.15) is 0 Å². The minimum absolute atomic E-state index is 0.0232. The number of rotatable bonds is 3. The largest absolute Gasteiger partial charge is 0.399 e. The first-order chi connectivity index (χ1) is 8.84. The smallest absolute Gasteiger partial charge is 0.238 e. The molecule has 5 N–H and O–H groups in total. The van der Waals surface area contributed by atoms with Gasteiger partial charge in [-0.05, 0) is 36.4 Å². The number of halogens is 1. The molecule has 0 heterocycles. The van der Waals surface area contributed by atoms with E-state index in [-0.39, 0.29) is 4.90 Å². The Morgan fingerprint density at radius 1 is 1.05 bits per heavy atom. The van der Waals surface area contributed by atoms with E-state index < -0.39 is 10.0 Å². The fourth-order valence-corrected chi connectivity index (χ4v) is 2.58. The second kappa shape index (κ2) is 5.20. The average Bonchev–Trinajstić information content (AvgIpc) is 2.26. The summed E-state index contributed by atoms with van der Waals surface area (Å²) in [5.74, 6) is 0. The maximum Gasteiger partial charge on any atom is 0.238 e. The second-order valence-electron chi connectivity index (χ2n) is 3.97. The number of nitrogens with two attached hydrogens (primary N) is 2. The lowest BCUT2D eigenvalue weighted by molar-refractivity contribution is 0.598. The first kappa shape index (κ1) is 13.9. The van der Waals surface area contributed by atoms with Crippen LogP contribution in [0.3, 0.4) is 0 Å². The van der Waals surface area contributed by atoms with E-state index in [1.54, 1.807) is 6.07 Å². The van der Waals surface area contributed by atoms with Gasteiger partial charge in [-0.1, -0.05) is 22.0 Å². The molecule has 0 spiro atoms. The first-order valence-electron chi connectivity index (χ1n) is 5.30. The van der Waals surface area contributed by atoms with Gasteiger partial charge in [0.2, 0.25) is 10.0 Å². The van der Waals surface area contributed by atoms with Gasteiger partial charge in [0.25, 0.3) is 0 Å². The van der Waals surface area contributed by atoms with E-state index in [9.17, 15) is 8.42 Å². The van der Waals surface area contributed by atoms with Crippen molar-refractivity contribution in [2.45, 2.75) is 4.90 Å². The predicted molar refractivity (Wildman–Crippen MR) is 79.7 cm³/mol. The van der Waals surface area contributed by atoms with Crippen LogP contribution in [-0.4, -0.2) is 8.42 Å². The zero-order valence-corrected chi connectivity index (χ0v) is 12.2. The molecule has 0 fully saturated rings. The molecule has 0 bridgehead atoms. The fourth-order valence-electron chi connectivity index (χ4n) is 1.59. The molecule has 0 unspecified atom stereocenters. The minimum atomic E-state index is -3.78. The normalized spacial score (nSPS) is 11.3. The Hall–Kier alpha value is -1.57. The highest BCUT2D eigenvalue weighted by atomic mass is 79.9. The topological polar surface area (TPSA) is 98.2 Å². The third-order valence-corrected chi connectivity index (χ3v) is 3.76. The average molecular weight is 342 g/mol. The van der Waals surface area contributed by atoms with Crippen LogP contribution in [0.1, 0.15) is 0 Å². The van der Waals surface area contributed by atoms with Gasteiger partial charge in [-0.2, -0.15) is 0 Å². The molecule has 19 heavy (non-hydrogen) atoms. The van der Waals surface area contributed by atoms with E-state index in [2.05, 4.69) is 21.2 Å². The number of nitrogens with one attached hydrogen (secondary N) is 1. The van der Waals surface area contributed by atoms with Crippen molar-refractivity contribution in [3.63, 3.8) is 0 Å². The summed E-state index contributed by atoms with van der Waals surface area (Å²) in [5.41, 5.74) is 7.36. The van der Waals surface area contributed by atoms with E-state index >= 15 is 0 Å². The highest BCUT2D eigenvalue weighted by Crippen LogP contribution is 2.24. The van der Waals surface area contributed by atoms with Crippen LogP contribution in [0, 0.1) is 0 Å². The number of benzene rings is 2. The van der Waals surface area contributed by atoms with E-state index in [1.165, 1.54) is 12.1 Å². The zero-order chi connectivity index (χ0) is 14.0. The van der Waals surface area contributed by atoms with Crippen LogP contribution in [0.5, 0.6) is 0 Å². The Balaban J connectivity index is 2.38. The summed E-state index contributed by atoms with van der Waals surface area (Å²) >= 11 is 3.36. The van der Waals surface area contributed by atoms with Gasteiger partial charge in [-0.3, -0.25) is 0 Å². The van der Waals surface area contributed by atoms with Crippen LogP contribution >= 0.6 is 15.9 Å². The molecular weight excluding hydrogens is 330 g/mol. The van der Waals surface area contributed by atoms with Crippen LogP contribution in [0.15, 0.2) is 51.8 Å². The summed E-state index contributed by atoms with van der Waals surface area (Å²) in [6.45, 7) is 0. The molecule has 7 heteroatoms. The van der Waals surface area contributed by atoms with Gasteiger partial charge in [-0.25, -0.2) is 13.6 Å². The molecule has 0 aromatic heterocycles. The van der Waals surface area contributed by atoms with Crippen molar-refractivity contribution in [3.8, 4) is 0 Å². The van der Waals surface area contributed by atoms with Crippen LogP contribution in [0.2, 0.25) is 0 Å². The fraction of sp³-hybridized carbons (Fsp3) is 0. The Morgan fingerprint density at radius 3 is 2.42 bits per heavy atom. The van der Waals surface area contributed by atoms with Crippen LogP contribution in [0.25, 0.3) is 0 Å². The van der Waals surface area contributed by atoms with Crippen molar-refractivity contribution in [3.05, 3.63) is 46.9 Å². The molecule has 0 aliphatic carbocycles. The molecular formula is C12H12BrN3O2S. The summed E-state index contributed by atoms with van der Waals surface area (Å²) in [6, 6.07) is 11.9. The van der Waals surface area contributed by atoms with Gasteiger partial charge in [-0.15, -0.1) is 0 Å². The van der Waals surface area contributed by atoms with E-state index in [4.69, 9.17) is 10.9 Å². The molecule has 5 nitrogen and oxygen atoms in total. The maximum atomic E-state index is 11.3. The highest BCUT2D eigenvalue weighted by Gasteiger charge is 2.10. The Labute approximate surface area is 119 Å². The molecule has 100 valence electrons.